The number of halogens is 1. The highest BCUT2D eigenvalue weighted by molar-refractivity contribution is 6.00. The Kier molecular flexibility index (Phi) is 6.28. The molecule has 2 aliphatic heterocycles. The first kappa shape index (κ1) is 20.3. The van der Waals surface area contributed by atoms with Gasteiger partial charge in [0, 0.05) is 32.1 Å². The molecule has 0 bridgehead atoms. The fourth-order valence-corrected chi connectivity index (χ4v) is 4.16. The number of hydrogen-bond acceptors (Lipinski definition) is 4. The normalized spacial score (nSPS) is 20.8. The van der Waals surface area contributed by atoms with Crippen LogP contribution in [0, 0.1) is 11.7 Å². The zero-order chi connectivity index (χ0) is 20.3. The summed E-state index contributed by atoms with van der Waals surface area (Å²) in [6, 6.07) is 6.23. The van der Waals surface area contributed by atoms with Crippen molar-refractivity contribution in [3.63, 3.8) is 0 Å². The number of likely N-dealkylation sites (tertiary alicyclic amines) is 1. The van der Waals surface area contributed by atoms with Crippen LogP contribution in [0.1, 0.15) is 26.2 Å². The van der Waals surface area contributed by atoms with E-state index < -0.39 is 17.7 Å². The molecule has 2 amide bonds. The first-order chi connectivity index (χ1) is 13.4. The van der Waals surface area contributed by atoms with Crippen molar-refractivity contribution in [1.29, 1.82) is 0 Å². The number of carbonyl (C=O) groups excluding carboxylic acids is 2. The molecule has 8 heteroatoms. The van der Waals surface area contributed by atoms with E-state index in [0.717, 1.165) is 0 Å². The zero-order valence-corrected chi connectivity index (χ0v) is 16.0. The van der Waals surface area contributed by atoms with E-state index >= 15 is 0 Å². The van der Waals surface area contributed by atoms with E-state index in [2.05, 4.69) is 0 Å². The first-order valence-electron chi connectivity index (χ1n) is 9.70. The van der Waals surface area contributed by atoms with Crippen LogP contribution in [-0.4, -0.2) is 71.5 Å². The molecule has 1 aromatic rings. The van der Waals surface area contributed by atoms with E-state index in [9.17, 15) is 18.8 Å². The third-order valence-electron chi connectivity index (χ3n) is 5.65. The lowest BCUT2D eigenvalue weighted by atomic mass is 10.00. The number of piperidine rings is 1. The maximum Gasteiger partial charge on any atom is 0.317 e. The van der Waals surface area contributed by atoms with Crippen LogP contribution in [0.2, 0.25) is 0 Å². The van der Waals surface area contributed by atoms with Crippen LogP contribution in [0.3, 0.4) is 0 Å². The number of carboxylic acid groups (broad SMARTS) is 1. The minimum Gasteiger partial charge on any atom is -0.480 e. The van der Waals surface area contributed by atoms with Crippen molar-refractivity contribution >= 4 is 23.5 Å². The third-order valence-corrected chi connectivity index (χ3v) is 5.65. The zero-order valence-electron chi connectivity index (χ0n) is 16.0. The second-order valence-electron chi connectivity index (χ2n) is 7.37. The molecule has 0 radical (unpaired) electrons. The average Bonchev–Trinajstić information content (AvgIpc) is 3.07. The number of anilines is 1. The molecule has 152 valence electrons. The average molecular weight is 391 g/mol. The van der Waals surface area contributed by atoms with Crippen molar-refractivity contribution in [2.75, 3.05) is 37.6 Å². The maximum absolute atomic E-state index is 14.0. The highest BCUT2D eigenvalue weighted by Crippen LogP contribution is 2.29. The number of rotatable bonds is 6. The van der Waals surface area contributed by atoms with Crippen LogP contribution in [0.4, 0.5) is 10.1 Å². The summed E-state index contributed by atoms with van der Waals surface area (Å²) >= 11 is 0. The summed E-state index contributed by atoms with van der Waals surface area (Å²) in [5.41, 5.74) is 0.216. The summed E-state index contributed by atoms with van der Waals surface area (Å²) < 4.78 is 14.0. The van der Waals surface area contributed by atoms with Crippen molar-refractivity contribution in [2.45, 2.75) is 32.2 Å². The van der Waals surface area contributed by atoms with Crippen molar-refractivity contribution in [3.8, 4) is 0 Å². The van der Waals surface area contributed by atoms with E-state index in [1.54, 1.807) is 23.1 Å². The van der Waals surface area contributed by atoms with Gasteiger partial charge in [-0.2, -0.15) is 0 Å². The van der Waals surface area contributed by atoms with Gasteiger partial charge >= 0.3 is 5.97 Å². The molecule has 2 saturated heterocycles. The second-order valence-corrected chi connectivity index (χ2v) is 7.37. The number of carboxylic acids is 1. The Morgan fingerprint density at radius 1 is 1.25 bits per heavy atom. The smallest absolute Gasteiger partial charge is 0.317 e. The van der Waals surface area contributed by atoms with Gasteiger partial charge in [-0.25, -0.2) is 4.39 Å². The minimum absolute atomic E-state index is 0.00381. The summed E-state index contributed by atoms with van der Waals surface area (Å²) in [4.78, 5) is 41.2. The van der Waals surface area contributed by atoms with Crippen LogP contribution in [0.15, 0.2) is 24.3 Å². The molecule has 2 aliphatic rings. The Bertz CT molecular complexity index is 749. The highest BCUT2D eigenvalue weighted by atomic mass is 19.1. The van der Waals surface area contributed by atoms with Gasteiger partial charge in [-0.15, -0.1) is 0 Å². The lowest BCUT2D eigenvalue weighted by molar-refractivity contribution is -0.141. The monoisotopic (exact) mass is 391 g/mol. The topological polar surface area (TPSA) is 81.2 Å². The Hall–Kier alpha value is -2.48. The number of nitrogens with zero attached hydrogens (tertiary/aromatic N) is 3. The molecule has 0 saturated carbocycles. The molecular formula is C20H26FN3O4. The van der Waals surface area contributed by atoms with Crippen molar-refractivity contribution in [3.05, 3.63) is 30.1 Å². The molecule has 2 heterocycles. The molecule has 0 spiro atoms. The summed E-state index contributed by atoms with van der Waals surface area (Å²) in [5, 5.41) is 9.02. The van der Waals surface area contributed by atoms with Gasteiger partial charge in [0.05, 0.1) is 18.2 Å². The number of hydrogen-bond donors (Lipinski definition) is 1. The largest absolute Gasteiger partial charge is 0.480 e. The first-order valence-corrected chi connectivity index (χ1v) is 9.70. The number of likely N-dealkylation sites (N-methyl/N-ethyl adjacent to an activating group) is 1. The Morgan fingerprint density at radius 3 is 2.54 bits per heavy atom. The number of benzene rings is 1. The number of aliphatic carboxylic acids is 1. The molecule has 28 heavy (non-hydrogen) atoms. The van der Waals surface area contributed by atoms with Crippen LogP contribution in [0.5, 0.6) is 0 Å². The van der Waals surface area contributed by atoms with Crippen molar-refractivity contribution < 1.29 is 23.9 Å². The quantitative estimate of drug-likeness (QED) is 0.796. The highest BCUT2D eigenvalue weighted by Gasteiger charge is 2.39. The lowest BCUT2D eigenvalue weighted by Crippen LogP contribution is -2.49. The predicted molar refractivity (Wildman–Crippen MR) is 101 cm³/mol. The van der Waals surface area contributed by atoms with E-state index in [1.165, 1.54) is 11.0 Å². The van der Waals surface area contributed by atoms with Gasteiger partial charge in [-0.1, -0.05) is 19.1 Å². The minimum atomic E-state index is -0.849. The van der Waals surface area contributed by atoms with Crippen molar-refractivity contribution in [2.24, 2.45) is 5.92 Å². The molecule has 1 atom stereocenters. The van der Waals surface area contributed by atoms with Gasteiger partial charge in [-0.3, -0.25) is 19.3 Å². The standard InChI is InChI=1S/C20H26FN3O4/c1-2-22(13-19(26)27)15-7-9-23(10-8-15)20(28)14-11-18(25)24(12-14)17-6-4-3-5-16(17)21/h3-6,14-15H,2,7-13H2,1H3,(H,26,27). The van der Waals surface area contributed by atoms with Crippen LogP contribution in [-0.2, 0) is 14.4 Å². The van der Waals surface area contributed by atoms with Crippen LogP contribution >= 0.6 is 0 Å². The Morgan fingerprint density at radius 2 is 1.93 bits per heavy atom. The molecule has 3 rings (SSSR count). The third kappa shape index (κ3) is 4.32. The van der Waals surface area contributed by atoms with Gasteiger partial charge in [0.15, 0.2) is 0 Å². The van der Waals surface area contributed by atoms with E-state index in [4.69, 9.17) is 5.11 Å². The SMILES string of the molecule is CCN(CC(=O)O)C1CCN(C(=O)C2CC(=O)N(c3ccccc3F)C2)CC1. The number of para-hydroxylation sites is 1. The van der Waals surface area contributed by atoms with Crippen LogP contribution in [0.25, 0.3) is 0 Å². The van der Waals surface area contributed by atoms with Gasteiger partial charge in [0.2, 0.25) is 11.8 Å². The summed E-state index contributed by atoms with van der Waals surface area (Å²) in [5.74, 6) is -2.10. The van der Waals surface area contributed by atoms with E-state index in [1.807, 2.05) is 11.8 Å². The Balaban J connectivity index is 1.58. The van der Waals surface area contributed by atoms with E-state index in [-0.39, 0.29) is 43.1 Å². The molecule has 0 aliphatic carbocycles. The molecule has 1 aromatic carbocycles. The molecular weight excluding hydrogens is 365 g/mol. The fourth-order valence-electron chi connectivity index (χ4n) is 4.16. The van der Waals surface area contributed by atoms with Gasteiger partial charge < -0.3 is 14.9 Å². The van der Waals surface area contributed by atoms with Gasteiger partial charge in [-0.05, 0) is 31.5 Å². The summed E-state index contributed by atoms with van der Waals surface area (Å²) in [7, 11) is 0. The Labute approximate surface area is 163 Å². The second kappa shape index (κ2) is 8.68. The maximum atomic E-state index is 14.0. The predicted octanol–water partition coefficient (Wildman–Crippen LogP) is 1.58. The fraction of sp³-hybridized carbons (Fsp3) is 0.550. The van der Waals surface area contributed by atoms with E-state index in [0.29, 0.717) is 32.5 Å². The number of carbonyl (C=O) groups is 3. The molecule has 1 N–H and O–H groups in total. The lowest BCUT2D eigenvalue weighted by Gasteiger charge is -2.38. The van der Waals surface area contributed by atoms with Crippen LogP contribution < -0.4 is 4.90 Å². The van der Waals surface area contributed by atoms with Crippen molar-refractivity contribution in [1.82, 2.24) is 9.80 Å². The summed E-state index contributed by atoms with van der Waals surface area (Å²) in [6.07, 6.45) is 1.52. The van der Waals surface area contributed by atoms with Gasteiger partial charge in [0.1, 0.15) is 5.82 Å². The molecule has 7 nitrogen and oxygen atoms in total. The summed E-state index contributed by atoms with van der Waals surface area (Å²) in [6.45, 7) is 3.87. The molecule has 2 fully saturated rings. The number of amides is 2. The molecule has 1 unspecified atom stereocenters. The molecule has 0 aromatic heterocycles. The van der Waals surface area contributed by atoms with Gasteiger partial charge in [0.25, 0.3) is 0 Å².